The number of anilines is 1. The summed E-state index contributed by atoms with van der Waals surface area (Å²) in [5, 5.41) is 10.8. The Kier molecular flexibility index (Phi) is 6.20. The van der Waals surface area contributed by atoms with Gasteiger partial charge in [0.2, 0.25) is 10.0 Å². The van der Waals surface area contributed by atoms with Crippen molar-refractivity contribution in [2.45, 2.75) is 47.9 Å². The minimum absolute atomic E-state index is 0.0429. The molecule has 1 saturated carbocycles. The van der Waals surface area contributed by atoms with Crippen molar-refractivity contribution in [1.29, 1.82) is 0 Å². The predicted octanol–water partition coefficient (Wildman–Crippen LogP) is 3.01. The van der Waals surface area contributed by atoms with E-state index in [1.54, 1.807) is 0 Å². The van der Waals surface area contributed by atoms with Crippen LogP contribution in [-0.2, 0) is 20.0 Å². The molecule has 0 amide bonds. The average Bonchev–Trinajstić information content (AvgIpc) is 2.68. The minimum Gasteiger partial charge on any atom is -0.280 e. The molecule has 0 bridgehead atoms. The first-order chi connectivity index (χ1) is 13.7. The minimum atomic E-state index is -4.06. The van der Waals surface area contributed by atoms with Gasteiger partial charge in [0.15, 0.2) is 0 Å². The van der Waals surface area contributed by atoms with Gasteiger partial charge >= 0.3 is 0 Å². The van der Waals surface area contributed by atoms with E-state index in [1.807, 2.05) is 0 Å². The summed E-state index contributed by atoms with van der Waals surface area (Å²) >= 11 is 0. The van der Waals surface area contributed by atoms with Gasteiger partial charge in [-0.3, -0.25) is 14.8 Å². The van der Waals surface area contributed by atoms with Crippen molar-refractivity contribution in [3.63, 3.8) is 0 Å². The summed E-state index contributed by atoms with van der Waals surface area (Å²) in [6, 6.07) is 9.89. The molecular formula is C18H21N3O6S2. The Morgan fingerprint density at radius 1 is 0.862 bits per heavy atom. The molecule has 1 aliphatic rings. The van der Waals surface area contributed by atoms with E-state index in [0.29, 0.717) is 0 Å². The number of hydrogen-bond donors (Lipinski definition) is 2. The molecule has 0 saturated heterocycles. The summed E-state index contributed by atoms with van der Waals surface area (Å²) in [7, 11) is -7.75. The van der Waals surface area contributed by atoms with Gasteiger partial charge in [0, 0.05) is 23.9 Å². The molecule has 0 atom stereocenters. The smallest absolute Gasteiger partial charge is 0.270 e. The number of nitrogens with one attached hydrogen (secondary N) is 2. The fraction of sp³-hybridized carbons (Fsp3) is 0.333. The maximum absolute atomic E-state index is 12.5. The third kappa shape index (κ3) is 5.31. The fourth-order valence-electron chi connectivity index (χ4n) is 3.19. The van der Waals surface area contributed by atoms with Gasteiger partial charge < -0.3 is 0 Å². The molecule has 3 rings (SSSR count). The van der Waals surface area contributed by atoms with Crippen molar-refractivity contribution in [3.8, 4) is 0 Å². The first-order valence-corrected chi connectivity index (χ1v) is 12.0. The van der Waals surface area contributed by atoms with Crippen molar-refractivity contribution in [2.24, 2.45) is 0 Å². The Balaban J connectivity index is 1.74. The molecule has 0 heterocycles. The zero-order chi connectivity index (χ0) is 21.1. The van der Waals surface area contributed by atoms with Crippen LogP contribution in [0.15, 0.2) is 58.3 Å². The molecule has 2 N–H and O–H groups in total. The fourth-order valence-corrected chi connectivity index (χ4v) is 5.59. The van der Waals surface area contributed by atoms with Crippen molar-refractivity contribution in [3.05, 3.63) is 58.6 Å². The van der Waals surface area contributed by atoms with E-state index in [-0.39, 0.29) is 27.2 Å². The lowest BCUT2D eigenvalue weighted by molar-refractivity contribution is -0.385. The van der Waals surface area contributed by atoms with Gasteiger partial charge in [-0.2, -0.15) is 0 Å². The summed E-state index contributed by atoms with van der Waals surface area (Å²) in [4.78, 5) is 9.94. The van der Waals surface area contributed by atoms with Crippen molar-refractivity contribution >= 4 is 31.4 Å². The second-order valence-electron chi connectivity index (χ2n) is 6.84. The van der Waals surface area contributed by atoms with Gasteiger partial charge in [0.05, 0.1) is 14.7 Å². The van der Waals surface area contributed by atoms with E-state index in [0.717, 1.165) is 38.2 Å². The van der Waals surface area contributed by atoms with E-state index in [1.165, 1.54) is 42.5 Å². The maximum atomic E-state index is 12.5. The van der Waals surface area contributed by atoms with Gasteiger partial charge in [-0.15, -0.1) is 0 Å². The molecule has 2 aromatic rings. The van der Waals surface area contributed by atoms with E-state index in [2.05, 4.69) is 9.44 Å². The second-order valence-corrected chi connectivity index (χ2v) is 10.2. The molecule has 156 valence electrons. The summed E-state index contributed by atoms with van der Waals surface area (Å²) in [6.45, 7) is 0. The van der Waals surface area contributed by atoms with Crippen LogP contribution < -0.4 is 9.44 Å². The molecule has 9 nitrogen and oxygen atoms in total. The van der Waals surface area contributed by atoms with Crippen LogP contribution in [0.1, 0.15) is 32.1 Å². The van der Waals surface area contributed by atoms with Crippen LogP contribution in [0.25, 0.3) is 0 Å². The second kappa shape index (κ2) is 8.47. The molecule has 2 aromatic carbocycles. The highest BCUT2D eigenvalue weighted by molar-refractivity contribution is 7.92. The summed E-state index contributed by atoms with van der Waals surface area (Å²) < 4.78 is 54.9. The number of nitro groups is 1. The van der Waals surface area contributed by atoms with Crippen LogP contribution in [0, 0.1) is 10.1 Å². The number of hydrogen-bond acceptors (Lipinski definition) is 6. The highest BCUT2D eigenvalue weighted by Gasteiger charge is 2.22. The first kappa shape index (κ1) is 21.2. The number of non-ortho nitro benzene ring substituents is 1. The summed E-state index contributed by atoms with van der Waals surface area (Å²) in [5.41, 5.74) is -0.198. The number of nitro benzene ring substituents is 1. The van der Waals surface area contributed by atoms with Crippen molar-refractivity contribution in [1.82, 2.24) is 4.72 Å². The van der Waals surface area contributed by atoms with E-state index in [9.17, 15) is 26.9 Å². The monoisotopic (exact) mass is 439 g/mol. The molecule has 0 aliphatic heterocycles. The van der Waals surface area contributed by atoms with E-state index >= 15 is 0 Å². The first-order valence-electron chi connectivity index (χ1n) is 9.07. The van der Waals surface area contributed by atoms with Crippen LogP contribution in [0.4, 0.5) is 11.4 Å². The quantitative estimate of drug-likeness (QED) is 0.503. The zero-order valence-corrected chi connectivity index (χ0v) is 17.1. The van der Waals surface area contributed by atoms with Gasteiger partial charge in [-0.1, -0.05) is 25.3 Å². The Bertz CT molecular complexity index is 1090. The maximum Gasteiger partial charge on any atom is 0.270 e. The Labute approximate surface area is 169 Å². The van der Waals surface area contributed by atoms with Gasteiger partial charge in [-0.05, 0) is 43.2 Å². The van der Waals surface area contributed by atoms with Gasteiger partial charge in [0.25, 0.3) is 15.7 Å². The van der Waals surface area contributed by atoms with Crippen molar-refractivity contribution < 1.29 is 21.8 Å². The predicted molar refractivity (Wildman–Crippen MR) is 108 cm³/mol. The van der Waals surface area contributed by atoms with Crippen LogP contribution >= 0.6 is 0 Å². The molecule has 0 unspecified atom stereocenters. The van der Waals surface area contributed by atoms with Crippen molar-refractivity contribution in [2.75, 3.05) is 4.72 Å². The highest BCUT2D eigenvalue weighted by Crippen LogP contribution is 2.23. The standard InChI is InChI=1S/C18H21N3O6S2/c22-21(23)16-7-4-8-18(13-16)29(26,27)20-15-9-11-17(12-10-15)28(24,25)19-14-5-2-1-3-6-14/h4,7-14,19-20H,1-3,5-6H2. The largest absolute Gasteiger partial charge is 0.280 e. The average molecular weight is 440 g/mol. The lowest BCUT2D eigenvalue weighted by Gasteiger charge is -2.22. The Hall–Kier alpha value is -2.50. The van der Waals surface area contributed by atoms with Crippen LogP contribution in [-0.4, -0.2) is 27.8 Å². The van der Waals surface area contributed by atoms with Gasteiger partial charge in [0.1, 0.15) is 0 Å². The summed E-state index contributed by atoms with van der Waals surface area (Å²) in [5.74, 6) is 0. The number of rotatable bonds is 7. The number of benzene rings is 2. The van der Waals surface area contributed by atoms with Gasteiger partial charge in [-0.25, -0.2) is 21.6 Å². The topological polar surface area (TPSA) is 135 Å². The third-order valence-electron chi connectivity index (χ3n) is 4.68. The Morgan fingerprint density at radius 3 is 2.14 bits per heavy atom. The molecule has 1 fully saturated rings. The molecule has 29 heavy (non-hydrogen) atoms. The molecule has 11 heteroatoms. The third-order valence-corrected chi connectivity index (χ3v) is 7.60. The lowest BCUT2D eigenvalue weighted by atomic mass is 9.96. The van der Waals surface area contributed by atoms with E-state index in [4.69, 9.17) is 0 Å². The van der Waals surface area contributed by atoms with Crippen LogP contribution in [0.3, 0.4) is 0 Å². The molecule has 0 spiro atoms. The molecule has 1 aliphatic carbocycles. The molecular weight excluding hydrogens is 418 g/mol. The van der Waals surface area contributed by atoms with Crippen LogP contribution in [0.2, 0.25) is 0 Å². The molecule has 0 aromatic heterocycles. The van der Waals surface area contributed by atoms with E-state index < -0.39 is 25.0 Å². The number of sulfonamides is 2. The lowest BCUT2D eigenvalue weighted by Crippen LogP contribution is -2.36. The highest BCUT2D eigenvalue weighted by atomic mass is 32.2. The number of nitrogens with zero attached hydrogens (tertiary/aromatic N) is 1. The summed E-state index contributed by atoms with van der Waals surface area (Å²) in [6.07, 6.45) is 4.70. The normalized spacial score (nSPS) is 15.7. The van der Waals surface area contributed by atoms with Crippen LogP contribution in [0.5, 0.6) is 0 Å². The Morgan fingerprint density at radius 2 is 1.52 bits per heavy atom. The zero-order valence-electron chi connectivity index (χ0n) is 15.4. The SMILES string of the molecule is O=[N+]([O-])c1cccc(S(=O)(=O)Nc2ccc(S(=O)(=O)NC3CCCCC3)cc2)c1. The molecule has 0 radical (unpaired) electrons.